The number of carbonyl (C=O) groups is 1. The highest BCUT2D eigenvalue weighted by Crippen LogP contribution is 2.61. The van der Waals surface area contributed by atoms with Gasteiger partial charge < -0.3 is 10.4 Å². The first-order valence-electron chi connectivity index (χ1n) is 11.1. The van der Waals surface area contributed by atoms with Crippen molar-refractivity contribution < 1.29 is 14.3 Å². The minimum absolute atomic E-state index is 0.0817. The lowest BCUT2D eigenvalue weighted by Gasteiger charge is -2.59. The third-order valence-electron chi connectivity index (χ3n) is 7.85. The molecule has 30 heavy (non-hydrogen) atoms. The molecule has 1 amide bonds. The maximum Gasteiger partial charge on any atom is 0.248 e. The van der Waals surface area contributed by atoms with Gasteiger partial charge in [-0.15, -0.1) is 0 Å². The molecular weight excluding hydrogens is 377 g/mol. The Morgan fingerprint density at radius 2 is 2.07 bits per heavy atom. The van der Waals surface area contributed by atoms with Crippen molar-refractivity contribution in [1.82, 2.24) is 0 Å². The summed E-state index contributed by atoms with van der Waals surface area (Å²) >= 11 is 0. The van der Waals surface area contributed by atoms with Crippen LogP contribution in [0.25, 0.3) is 0 Å². The zero-order valence-electron chi connectivity index (χ0n) is 18.8. The first-order chi connectivity index (χ1) is 14.0. The highest BCUT2D eigenvalue weighted by atomic mass is 19.1. The molecule has 0 saturated heterocycles. The molecule has 0 radical (unpaired) electrons. The molecule has 2 aliphatic carbocycles. The zero-order valence-corrected chi connectivity index (χ0v) is 18.8. The van der Waals surface area contributed by atoms with Crippen molar-refractivity contribution in [2.45, 2.75) is 72.3 Å². The van der Waals surface area contributed by atoms with Crippen LogP contribution in [0.1, 0.15) is 66.2 Å². The fourth-order valence-electron chi connectivity index (χ4n) is 6.11. The van der Waals surface area contributed by atoms with Crippen LogP contribution in [0.4, 0.5) is 10.1 Å². The van der Waals surface area contributed by atoms with Crippen LogP contribution in [0.5, 0.6) is 0 Å². The van der Waals surface area contributed by atoms with Gasteiger partial charge in [-0.25, -0.2) is 4.39 Å². The van der Waals surface area contributed by atoms with Crippen LogP contribution >= 0.6 is 0 Å². The fraction of sp³-hybridized carbons (Fsp3) is 0.577. The Kier molecular flexibility index (Phi) is 6.57. The van der Waals surface area contributed by atoms with E-state index in [0.29, 0.717) is 17.5 Å². The molecule has 1 aromatic rings. The molecule has 0 aliphatic heterocycles. The van der Waals surface area contributed by atoms with E-state index in [1.54, 1.807) is 18.2 Å². The number of allylic oxidation sites excluding steroid dienone is 2. The Morgan fingerprint density at radius 3 is 2.77 bits per heavy atom. The maximum atomic E-state index is 13.3. The molecule has 164 valence electrons. The summed E-state index contributed by atoms with van der Waals surface area (Å²) in [5.74, 6) is 0.279. The van der Waals surface area contributed by atoms with E-state index < -0.39 is 0 Å². The summed E-state index contributed by atoms with van der Waals surface area (Å²) < 4.78 is 13.3. The number of carbonyl (C=O) groups excluding carboxylic acids is 1. The van der Waals surface area contributed by atoms with Gasteiger partial charge in [-0.1, -0.05) is 44.6 Å². The van der Waals surface area contributed by atoms with Crippen molar-refractivity contribution in [3.63, 3.8) is 0 Å². The second-order valence-corrected chi connectivity index (χ2v) is 10.2. The monoisotopic (exact) mass is 413 g/mol. The summed E-state index contributed by atoms with van der Waals surface area (Å²) in [4.78, 5) is 12.3. The predicted molar refractivity (Wildman–Crippen MR) is 121 cm³/mol. The number of fused-ring (bicyclic) bond motifs is 1. The summed E-state index contributed by atoms with van der Waals surface area (Å²) in [7, 11) is 0. The average molecular weight is 414 g/mol. The number of amides is 1. The molecule has 2 saturated carbocycles. The molecule has 4 heteroatoms. The van der Waals surface area contributed by atoms with E-state index >= 15 is 0 Å². The molecule has 2 N–H and O–H groups in total. The summed E-state index contributed by atoms with van der Waals surface area (Å²) in [5.41, 5.74) is 2.85. The van der Waals surface area contributed by atoms with E-state index in [4.69, 9.17) is 0 Å². The van der Waals surface area contributed by atoms with Crippen molar-refractivity contribution in [1.29, 1.82) is 0 Å². The highest BCUT2D eigenvalue weighted by Gasteiger charge is 2.55. The normalized spacial score (nSPS) is 31.2. The number of benzene rings is 1. The van der Waals surface area contributed by atoms with Crippen molar-refractivity contribution in [2.75, 3.05) is 5.32 Å². The second-order valence-electron chi connectivity index (χ2n) is 10.2. The van der Waals surface area contributed by atoms with Crippen molar-refractivity contribution >= 4 is 11.6 Å². The Morgan fingerprint density at radius 1 is 1.33 bits per heavy atom. The molecule has 0 heterocycles. The number of hydrogen-bond acceptors (Lipinski definition) is 2. The lowest BCUT2D eigenvalue weighted by molar-refractivity contribution is -0.124. The molecule has 4 atom stereocenters. The van der Waals surface area contributed by atoms with Crippen LogP contribution in [0, 0.1) is 28.5 Å². The summed E-state index contributed by atoms with van der Waals surface area (Å²) in [5, 5.41) is 13.3. The van der Waals surface area contributed by atoms with E-state index in [1.807, 2.05) is 6.92 Å². The summed E-state index contributed by atoms with van der Waals surface area (Å²) in [6, 6.07) is 5.92. The van der Waals surface area contributed by atoms with Gasteiger partial charge in [0.15, 0.2) is 0 Å². The van der Waals surface area contributed by atoms with Crippen LogP contribution in [0.2, 0.25) is 0 Å². The van der Waals surface area contributed by atoms with Crippen LogP contribution in [-0.4, -0.2) is 17.1 Å². The average Bonchev–Trinajstić information content (AvgIpc) is 2.64. The molecule has 2 aliphatic rings. The SMILES string of the molecule is C=C1CC[C@@H]2C(C)(C)[C@H](O)CC[C@@]2(C)[C@@H]1CCC(C)=CC(=O)Nc1cccc(F)c1. The van der Waals surface area contributed by atoms with Gasteiger partial charge in [-0.2, -0.15) is 0 Å². The lowest BCUT2D eigenvalue weighted by Crippen LogP contribution is -2.54. The molecule has 3 nitrogen and oxygen atoms in total. The molecule has 1 aromatic carbocycles. The molecular formula is C26H36FNO2. The second kappa shape index (κ2) is 8.66. The number of anilines is 1. The van der Waals surface area contributed by atoms with Crippen LogP contribution < -0.4 is 5.32 Å². The largest absolute Gasteiger partial charge is 0.393 e. The Bertz CT molecular complexity index is 843. The summed E-state index contributed by atoms with van der Waals surface area (Å²) in [6.45, 7) is 13.2. The van der Waals surface area contributed by atoms with Gasteiger partial charge in [0.1, 0.15) is 5.82 Å². The van der Waals surface area contributed by atoms with Gasteiger partial charge in [0.25, 0.3) is 0 Å². The van der Waals surface area contributed by atoms with E-state index in [1.165, 1.54) is 17.7 Å². The van der Waals surface area contributed by atoms with Gasteiger partial charge in [0.05, 0.1) is 6.10 Å². The van der Waals surface area contributed by atoms with Gasteiger partial charge >= 0.3 is 0 Å². The van der Waals surface area contributed by atoms with Gasteiger partial charge in [0.2, 0.25) is 5.91 Å². The molecule has 3 rings (SSSR count). The number of hydrogen-bond donors (Lipinski definition) is 2. The predicted octanol–water partition coefficient (Wildman–Crippen LogP) is 6.26. The maximum absolute atomic E-state index is 13.3. The van der Waals surface area contributed by atoms with Crippen LogP contribution in [0.15, 0.2) is 48.1 Å². The van der Waals surface area contributed by atoms with Crippen molar-refractivity contribution in [2.24, 2.45) is 22.7 Å². The number of halogens is 1. The Hall–Kier alpha value is -1.94. The third kappa shape index (κ3) is 4.54. The lowest BCUT2D eigenvalue weighted by atomic mass is 9.46. The van der Waals surface area contributed by atoms with E-state index in [-0.39, 0.29) is 28.7 Å². The Labute approximate surface area is 180 Å². The zero-order chi connectivity index (χ0) is 22.1. The van der Waals surface area contributed by atoms with Gasteiger partial charge in [-0.05, 0) is 86.3 Å². The highest BCUT2D eigenvalue weighted by molar-refractivity contribution is 5.99. The van der Waals surface area contributed by atoms with Crippen molar-refractivity contribution in [3.8, 4) is 0 Å². The van der Waals surface area contributed by atoms with E-state index in [9.17, 15) is 14.3 Å². The number of nitrogens with one attached hydrogen (secondary N) is 1. The van der Waals surface area contributed by atoms with E-state index in [2.05, 4.69) is 32.7 Å². The molecule has 0 spiro atoms. The minimum Gasteiger partial charge on any atom is -0.393 e. The molecule has 0 unspecified atom stereocenters. The van der Waals surface area contributed by atoms with E-state index in [0.717, 1.165) is 44.1 Å². The summed E-state index contributed by atoms with van der Waals surface area (Å²) in [6.07, 6.45) is 7.15. The third-order valence-corrected chi connectivity index (χ3v) is 7.85. The topological polar surface area (TPSA) is 49.3 Å². The Balaban J connectivity index is 1.66. The fourth-order valence-corrected chi connectivity index (χ4v) is 6.11. The minimum atomic E-state index is -0.368. The standard InChI is InChI=1S/C26H36FNO2/c1-17(15-24(30)28-20-8-6-7-19(27)16-20)9-11-21-18(2)10-12-22-25(3,4)23(29)13-14-26(21,22)5/h6-8,15-16,21-23,29H,2,9-14H2,1,3-5H3,(H,28,30)/t21-,22-,23-,26+/m1/s1. The van der Waals surface area contributed by atoms with Crippen LogP contribution in [-0.2, 0) is 4.79 Å². The first-order valence-corrected chi connectivity index (χ1v) is 11.1. The van der Waals surface area contributed by atoms with Crippen molar-refractivity contribution in [3.05, 3.63) is 53.9 Å². The van der Waals surface area contributed by atoms with Gasteiger partial charge in [0, 0.05) is 11.8 Å². The number of rotatable bonds is 5. The van der Waals surface area contributed by atoms with Gasteiger partial charge in [-0.3, -0.25) is 4.79 Å². The molecule has 0 aromatic heterocycles. The number of aliphatic hydroxyl groups is 1. The van der Waals surface area contributed by atoms with Crippen LogP contribution in [0.3, 0.4) is 0 Å². The number of aliphatic hydroxyl groups excluding tert-OH is 1. The first kappa shape index (κ1) is 22.7. The smallest absolute Gasteiger partial charge is 0.248 e. The molecule has 0 bridgehead atoms. The quantitative estimate of drug-likeness (QED) is 0.442. The molecule has 2 fully saturated rings.